The number of nitrogens with one attached hydrogen (secondary N) is 3. The van der Waals surface area contributed by atoms with E-state index in [0.717, 1.165) is 42.8 Å². The fraction of sp³-hybridized carbons (Fsp3) is 0.500. The van der Waals surface area contributed by atoms with Gasteiger partial charge in [-0.3, -0.25) is 24.5 Å². The van der Waals surface area contributed by atoms with E-state index in [4.69, 9.17) is 0 Å². The first-order valence-corrected chi connectivity index (χ1v) is 9.66. The van der Waals surface area contributed by atoms with Crippen molar-refractivity contribution in [2.75, 3.05) is 39.8 Å². The van der Waals surface area contributed by atoms with Crippen molar-refractivity contribution in [2.24, 2.45) is 0 Å². The number of ketones is 1. The number of rotatable bonds is 10. The highest BCUT2D eigenvalue weighted by Crippen LogP contribution is 2.28. The van der Waals surface area contributed by atoms with Gasteiger partial charge in [-0.25, -0.2) is 4.68 Å². The van der Waals surface area contributed by atoms with Crippen molar-refractivity contribution in [3.8, 4) is 5.69 Å². The normalized spacial score (nSPS) is 21.4. The van der Waals surface area contributed by atoms with Crippen LogP contribution in [0.15, 0.2) is 35.1 Å². The van der Waals surface area contributed by atoms with Crippen LogP contribution < -0.4 is 16.2 Å². The molecule has 2 aromatic rings. The number of aromatic amines is 1. The van der Waals surface area contributed by atoms with Crippen molar-refractivity contribution in [3.05, 3.63) is 51.9 Å². The Morgan fingerprint density at radius 2 is 2.04 bits per heavy atom. The van der Waals surface area contributed by atoms with Gasteiger partial charge in [0.25, 0.3) is 5.56 Å². The van der Waals surface area contributed by atoms with E-state index >= 15 is 0 Å². The molecule has 0 spiro atoms. The van der Waals surface area contributed by atoms with Gasteiger partial charge in [-0.2, -0.15) is 0 Å². The summed E-state index contributed by atoms with van der Waals surface area (Å²) in [6.07, 6.45) is 1.42. The van der Waals surface area contributed by atoms with Crippen LogP contribution in [0.3, 0.4) is 0 Å². The van der Waals surface area contributed by atoms with Gasteiger partial charge in [0.05, 0.1) is 25.3 Å². The number of aryl methyl sites for hydroxylation is 1. The summed E-state index contributed by atoms with van der Waals surface area (Å²) < 4.78 is 2.44. The summed E-state index contributed by atoms with van der Waals surface area (Å²) in [6.45, 7) is 8.33. The molecule has 2 atom stereocenters. The third-order valence-electron chi connectivity index (χ3n) is 5.40. The topological polar surface area (TPSA) is 78.9 Å². The summed E-state index contributed by atoms with van der Waals surface area (Å²) in [5.74, 6) is -0.154. The molecule has 27 heavy (non-hydrogen) atoms. The van der Waals surface area contributed by atoms with Gasteiger partial charge >= 0.3 is 0 Å². The van der Waals surface area contributed by atoms with Gasteiger partial charge in [0.1, 0.15) is 12.1 Å². The van der Waals surface area contributed by atoms with E-state index < -0.39 is 0 Å². The number of hydrogen-bond acceptors (Lipinski definition) is 4. The number of Topliss-reactive ketones (excluding diaryl/α,β-unsaturated/α-hetero) is 1. The third kappa shape index (κ3) is 4.05. The molecule has 1 aliphatic rings. The lowest BCUT2D eigenvalue weighted by molar-refractivity contribution is -0.814. The first-order chi connectivity index (χ1) is 13.0. The van der Waals surface area contributed by atoms with Crippen molar-refractivity contribution in [2.45, 2.75) is 26.4 Å². The Morgan fingerprint density at radius 3 is 2.70 bits per heavy atom. The quantitative estimate of drug-likeness (QED) is 0.331. The van der Waals surface area contributed by atoms with E-state index in [-0.39, 0.29) is 23.5 Å². The van der Waals surface area contributed by atoms with Crippen LogP contribution in [0.4, 0.5) is 0 Å². The Morgan fingerprint density at radius 1 is 1.30 bits per heavy atom. The molecule has 146 valence electrons. The lowest BCUT2D eigenvalue weighted by Crippen LogP contribution is -2.41. The van der Waals surface area contributed by atoms with Crippen LogP contribution in [-0.2, 0) is 0 Å². The molecule has 0 aliphatic carbocycles. The fourth-order valence-electron chi connectivity index (χ4n) is 3.87. The second-order valence-corrected chi connectivity index (χ2v) is 7.36. The summed E-state index contributed by atoms with van der Waals surface area (Å²) in [4.78, 5) is 25.5. The number of hydrogen-bond donors (Lipinski definition) is 3. The fourth-order valence-corrected chi connectivity index (χ4v) is 3.87. The van der Waals surface area contributed by atoms with Gasteiger partial charge in [-0.1, -0.05) is 25.1 Å². The molecule has 1 saturated heterocycles. The lowest BCUT2D eigenvalue weighted by atomic mass is 10.1. The molecular formula is C20H30N5O2+. The van der Waals surface area contributed by atoms with Crippen LogP contribution in [0.1, 0.15) is 29.4 Å². The zero-order valence-corrected chi connectivity index (χ0v) is 16.4. The smallest absolute Gasteiger partial charge is 0.282 e. The molecule has 1 aromatic carbocycles. The highest BCUT2D eigenvalue weighted by molar-refractivity contribution is 5.98. The number of benzene rings is 1. The minimum atomic E-state index is -0.286. The average Bonchev–Trinajstić information content (AvgIpc) is 3.27. The molecule has 3 N–H and O–H groups in total. The molecule has 1 aliphatic heterocycles. The van der Waals surface area contributed by atoms with Crippen LogP contribution in [0.2, 0.25) is 0 Å². The van der Waals surface area contributed by atoms with Gasteiger partial charge in [0.15, 0.2) is 11.9 Å². The van der Waals surface area contributed by atoms with E-state index in [1.54, 1.807) is 6.92 Å². The molecule has 2 unspecified atom stereocenters. The number of aromatic nitrogens is 2. The van der Waals surface area contributed by atoms with Crippen molar-refractivity contribution >= 4 is 5.78 Å². The molecule has 3 rings (SSSR count). The standard InChI is InChI=1S/C20H29N5O2/c1-4-11-25(12-10-21-3)14-18(25)22-13-17(26)19-15(2)23-24(20(19)27)16-8-6-5-7-9-16/h5-9,18,21-22H,4,10-14H2,1-3H3/p+1. The van der Waals surface area contributed by atoms with Crippen LogP contribution >= 0.6 is 0 Å². The van der Waals surface area contributed by atoms with Gasteiger partial charge in [0.2, 0.25) is 0 Å². The zero-order chi connectivity index (χ0) is 19.4. The van der Waals surface area contributed by atoms with Crippen molar-refractivity contribution < 1.29 is 9.28 Å². The number of H-pyrrole nitrogens is 1. The van der Waals surface area contributed by atoms with E-state index in [2.05, 4.69) is 22.7 Å². The zero-order valence-electron chi connectivity index (χ0n) is 16.4. The molecule has 0 bridgehead atoms. The molecule has 7 heteroatoms. The second-order valence-electron chi connectivity index (χ2n) is 7.36. The molecule has 7 nitrogen and oxygen atoms in total. The van der Waals surface area contributed by atoms with E-state index in [1.807, 2.05) is 37.4 Å². The van der Waals surface area contributed by atoms with Crippen LogP contribution in [0.5, 0.6) is 0 Å². The summed E-state index contributed by atoms with van der Waals surface area (Å²) in [7, 11) is 1.96. The molecule has 0 saturated carbocycles. The van der Waals surface area contributed by atoms with E-state index in [1.165, 1.54) is 4.68 Å². The van der Waals surface area contributed by atoms with E-state index in [9.17, 15) is 9.59 Å². The lowest BCUT2D eigenvalue weighted by Gasteiger charge is -2.20. The maximum absolute atomic E-state index is 12.7. The predicted molar refractivity (Wildman–Crippen MR) is 106 cm³/mol. The second kappa shape index (κ2) is 8.21. The average molecular weight is 372 g/mol. The maximum Gasteiger partial charge on any atom is 0.282 e. The van der Waals surface area contributed by atoms with E-state index in [0.29, 0.717) is 11.9 Å². The molecule has 1 fully saturated rings. The Bertz CT molecular complexity index is 842. The first-order valence-electron chi connectivity index (χ1n) is 9.66. The molecule has 2 heterocycles. The number of carbonyl (C=O) groups is 1. The van der Waals surface area contributed by atoms with Gasteiger partial charge in [-0.15, -0.1) is 0 Å². The summed E-state index contributed by atoms with van der Waals surface area (Å²) >= 11 is 0. The predicted octanol–water partition coefficient (Wildman–Crippen LogP) is 1.03. The Balaban J connectivity index is 1.67. The van der Waals surface area contributed by atoms with Crippen molar-refractivity contribution in [1.82, 2.24) is 20.4 Å². The molecule has 0 amide bonds. The summed E-state index contributed by atoms with van der Waals surface area (Å²) in [5, 5.41) is 9.61. The third-order valence-corrected chi connectivity index (χ3v) is 5.40. The molecule has 0 radical (unpaired) electrons. The first kappa shape index (κ1) is 19.5. The Hall–Kier alpha value is -2.22. The number of likely N-dealkylation sites (N-methyl/N-ethyl adjacent to an activating group) is 1. The Labute approximate surface area is 159 Å². The van der Waals surface area contributed by atoms with Gasteiger partial charge in [0, 0.05) is 12.2 Å². The SMILES string of the molecule is CCC[N+]1(CCNC)CC1NCC(=O)c1c(C)[nH]n(-c2ccccc2)c1=O. The summed E-state index contributed by atoms with van der Waals surface area (Å²) in [6, 6.07) is 9.30. The molecular weight excluding hydrogens is 342 g/mol. The van der Waals surface area contributed by atoms with Crippen LogP contribution in [0, 0.1) is 6.92 Å². The minimum Gasteiger partial charge on any atom is -0.315 e. The summed E-state index contributed by atoms with van der Waals surface area (Å²) in [5.41, 5.74) is 1.29. The van der Waals surface area contributed by atoms with Crippen LogP contribution in [-0.4, -0.2) is 66.0 Å². The van der Waals surface area contributed by atoms with Crippen molar-refractivity contribution in [1.29, 1.82) is 0 Å². The largest absolute Gasteiger partial charge is 0.315 e. The molecule has 1 aromatic heterocycles. The monoisotopic (exact) mass is 372 g/mol. The minimum absolute atomic E-state index is 0.154. The highest BCUT2D eigenvalue weighted by atomic mass is 16.2. The van der Waals surface area contributed by atoms with Crippen LogP contribution in [0.25, 0.3) is 5.69 Å². The number of nitrogens with zero attached hydrogens (tertiary/aromatic N) is 2. The van der Waals surface area contributed by atoms with Gasteiger partial charge in [-0.05, 0) is 32.5 Å². The number of carbonyl (C=O) groups excluding carboxylic acids is 1. The maximum atomic E-state index is 12.7. The number of quaternary nitrogens is 1. The Kier molecular flexibility index (Phi) is 5.94. The van der Waals surface area contributed by atoms with Gasteiger partial charge < -0.3 is 5.32 Å². The highest BCUT2D eigenvalue weighted by Gasteiger charge is 2.53. The van der Waals surface area contributed by atoms with Crippen molar-refractivity contribution in [3.63, 3.8) is 0 Å². The number of para-hydroxylation sites is 1.